The van der Waals surface area contributed by atoms with Gasteiger partial charge in [-0.05, 0) is 74.9 Å². The van der Waals surface area contributed by atoms with Gasteiger partial charge in [-0.15, -0.1) is 0 Å². The summed E-state index contributed by atoms with van der Waals surface area (Å²) in [6.07, 6.45) is 14.2. The van der Waals surface area contributed by atoms with Gasteiger partial charge >= 0.3 is 5.97 Å². The SMILES string of the molecule is C=C1C[C@H]2C/C=C/[C@@H](OCOCc3ccc(OC)cc3)C/C(C)=C\C=C\C(=O)OC(COCc3ccc(OC)cc3)C/C(C)=C/[C@@H](C1)O2. The van der Waals surface area contributed by atoms with Crippen molar-refractivity contribution < 1.29 is 38.0 Å². The summed E-state index contributed by atoms with van der Waals surface area (Å²) in [5.41, 5.74) is 5.32. The lowest BCUT2D eigenvalue weighted by Crippen LogP contribution is -2.28. The quantitative estimate of drug-likeness (QED) is 0.104. The minimum Gasteiger partial charge on any atom is -0.497 e. The molecule has 2 aliphatic heterocycles. The van der Waals surface area contributed by atoms with Crippen LogP contribution in [-0.4, -0.2) is 58.0 Å². The first-order valence-corrected chi connectivity index (χ1v) is 16.5. The Morgan fingerprint density at radius 2 is 1.50 bits per heavy atom. The van der Waals surface area contributed by atoms with E-state index in [1.165, 1.54) is 6.08 Å². The molecule has 0 radical (unpaired) electrons. The summed E-state index contributed by atoms with van der Waals surface area (Å²) in [4.78, 5) is 12.9. The number of carbonyl (C=O) groups is 1. The maximum atomic E-state index is 12.9. The van der Waals surface area contributed by atoms with E-state index in [2.05, 4.69) is 24.8 Å². The zero-order valence-electron chi connectivity index (χ0n) is 28.7. The lowest BCUT2D eigenvalue weighted by molar-refractivity contribution is -0.146. The molecular formula is C40H50O8. The van der Waals surface area contributed by atoms with Gasteiger partial charge in [-0.25, -0.2) is 4.79 Å². The van der Waals surface area contributed by atoms with Crippen LogP contribution in [0.2, 0.25) is 0 Å². The molecule has 2 bridgehead atoms. The fourth-order valence-corrected chi connectivity index (χ4v) is 5.64. The standard InChI is InChI=1S/C40H50O8/c1-29-8-6-11-40(41)48-39(27-44-25-32-12-16-34(42-4)17-13-32)24-31(3)23-38-22-30(2)21-37(47-38)10-7-9-36(20-29)46-28-45-26-33-14-18-35(43-5)19-15-33/h6-9,11-19,23,36-39H,2,10,20-22,24-28H2,1,3-5H3/b9-7+,11-6+,29-8-,31-23+/t36-,37-,38-,39?/m1/s1. The van der Waals surface area contributed by atoms with Gasteiger partial charge in [0.25, 0.3) is 0 Å². The fourth-order valence-electron chi connectivity index (χ4n) is 5.64. The van der Waals surface area contributed by atoms with Crippen LogP contribution in [-0.2, 0) is 41.7 Å². The molecule has 8 heteroatoms. The van der Waals surface area contributed by atoms with Crippen molar-refractivity contribution in [3.63, 3.8) is 0 Å². The average Bonchev–Trinajstić information content (AvgIpc) is 3.06. The van der Waals surface area contributed by atoms with Crippen molar-refractivity contribution in [3.8, 4) is 11.5 Å². The second-order valence-corrected chi connectivity index (χ2v) is 12.4. The van der Waals surface area contributed by atoms with E-state index in [-0.39, 0.29) is 31.7 Å². The highest BCUT2D eigenvalue weighted by molar-refractivity contribution is 5.82. The highest BCUT2D eigenvalue weighted by Gasteiger charge is 2.24. The largest absolute Gasteiger partial charge is 0.497 e. The summed E-state index contributed by atoms with van der Waals surface area (Å²) in [6, 6.07) is 15.5. The molecule has 0 N–H and O–H groups in total. The molecule has 0 aromatic heterocycles. The van der Waals surface area contributed by atoms with E-state index in [0.717, 1.165) is 58.6 Å². The van der Waals surface area contributed by atoms with E-state index in [4.69, 9.17) is 33.2 Å². The monoisotopic (exact) mass is 658 g/mol. The third-order valence-corrected chi connectivity index (χ3v) is 8.09. The van der Waals surface area contributed by atoms with Crippen LogP contribution < -0.4 is 9.47 Å². The molecule has 2 heterocycles. The number of allylic oxidation sites excluding steroid dienone is 2. The molecule has 1 unspecified atom stereocenters. The molecule has 0 amide bonds. The van der Waals surface area contributed by atoms with Crippen molar-refractivity contribution in [1.82, 2.24) is 0 Å². The van der Waals surface area contributed by atoms with Crippen molar-refractivity contribution in [1.29, 1.82) is 0 Å². The first-order valence-electron chi connectivity index (χ1n) is 16.5. The number of hydrogen-bond acceptors (Lipinski definition) is 8. The Morgan fingerprint density at radius 3 is 2.17 bits per heavy atom. The maximum Gasteiger partial charge on any atom is 0.331 e. The van der Waals surface area contributed by atoms with E-state index in [1.54, 1.807) is 20.3 Å². The first kappa shape index (κ1) is 36.9. The number of fused-ring (bicyclic) bond motifs is 2. The number of rotatable bonds is 11. The van der Waals surface area contributed by atoms with Crippen molar-refractivity contribution >= 4 is 5.97 Å². The summed E-state index contributed by atoms with van der Waals surface area (Å²) in [5, 5.41) is 0. The molecule has 2 aromatic carbocycles. The molecular weight excluding hydrogens is 608 g/mol. The minimum absolute atomic E-state index is 0.0171. The Hall–Kier alpha value is -3.95. The van der Waals surface area contributed by atoms with Crippen LogP contribution in [0.5, 0.6) is 11.5 Å². The van der Waals surface area contributed by atoms with E-state index in [1.807, 2.05) is 68.5 Å². The normalized spacial score (nSPS) is 26.1. The molecule has 8 nitrogen and oxygen atoms in total. The molecule has 0 saturated carbocycles. The topological polar surface area (TPSA) is 81.7 Å². The second-order valence-electron chi connectivity index (χ2n) is 12.4. The Balaban J connectivity index is 1.42. The van der Waals surface area contributed by atoms with Gasteiger partial charge in [0.1, 0.15) is 24.4 Å². The fraction of sp³-hybridized carbons (Fsp3) is 0.425. The van der Waals surface area contributed by atoms with Crippen LogP contribution >= 0.6 is 0 Å². The molecule has 0 spiro atoms. The van der Waals surface area contributed by atoms with Gasteiger partial charge < -0.3 is 33.2 Å². The van der Waals surface area contributed by atoms with Crippen LogP contribution in [0.1, 0.15) is 57.1 Å². The van der Waals surface area contributed by atoms with Crippen molar-refractivity contribution in [3.05, 3.63) is 119 Å². The van der Waals surface area contributed by atoms with Crippen LogP contribution in [0, 0.1) is 0 Å². The van der Waals surface area contributed by atoms with Gasteiger partial charge in [0, 0.05) is 12.5 Å². The van der Waals surface area contributed by atoms with Gasteiger partial charge in [-0.1, -0.05) is 77.9 Å². The number of ether oxygens (including phenoxy) is 7. The lowest BCUT2D eigenvalue weighted by Gasteiger charge is -2.30. The Morgan fingerprint density at radius 1 is 0.833 bits per heavy atom. The first-order chi connectivity index (χ1) is 23.3. The van der Waals surface area contributed by atoms with Crippen molar-refractivity contribution in [2.45, 2.75) is 83.6 Å². The molecule has 4 rings (SSSR count). The minimum atomic E-state index is -0.457. The average molecular weight is 659 g/mol. The van der Waals surface area contributed by atoms with Gasteiger partial charge in [-0.2, -0.15) is 0 Å². The number of esters is 1. The van der Waals surface area contributed by atoms with Gasteiger partial charge in [0.15, 0.2) is 0 Å². The number of hydrogen-bond donors (Lipinski definition) is 0. The third-order valence-electron chi connectivity index (χ3n) is 8.09. The van der Waals surface area contributed by atoms with Crippen LogP contribution in [0.4, 0.5) is 0 Å². The van der Waals surface area contributed by atoms with Gasteiger partial charge in [-0.3, -0.25) is 0 Å². The van der Waals surface area contributed by atoms with E-state index in [9.17, 15) is 4.79 Å². The summed E-state index contributed by atoms with van der Waals surface area (Å²) in [6.45, 7) is 9.58. The number of carbonyl (C=O) groups excluding carboxylic acids is 1. The third kappa shape index (κ3) is 13.3. The summed E-state index contributed by atoms with van der Waals surface area (Å²) >= 11 is 0. The molecule has 2 aromatic rings. The van der Waals surface area contributed by atoms with E-state index in [0.29, 0.717) is 26.1 Å². The molecule has 4 atom stereocenters. The molecule has 1 saturated heterocycles. The van der Waals surface area contributed by atoms with E-state index < -0.39 is 12.1 Å². The number of benzene rings is 2. The van der Waals surface area contributed by atoms with Crippen molar-refractivity contribution in [2.24, 2.45) is 0 Å². The van der Waals surface area contributed by atoms with E-state index >= 15 is 0 Å². The molecule has 2 aliphatic rings. The Labute approximate surface area is 285 Å². The zero-order chi connectivity index (χ0) is 34.1. The lowest BCUT2D eigenvalue weighted by atomic mass is 9.95. The molecule has 48 heavy (non-hydrogen) atoms. The van der Waals surface area contributed by atoms with Crippen LogP contribution in [0.3, 0.4) is 0 Å². The smallest absolute Gasteiger partial charge is 0.331 e. The van der Waals surface area contributed by atoms with Gasteiger partial charge in [0.05, 0.1) is 52.4 Å². The van der Waals surface area contributed by atoms with Crippen LogP contribution in [0.15, 0.2) is 108 Å². The highest BCUT2D eigenvalue weighted by atomic mass is 16.7. The Bertz CT molecular complexity index is 1420. The number of cyclic esters (lactones) is 1. The van der Waals surface area contributed by atoms with Crippen molar-refractivity contribution in [2.75, 3.05) is 27.6 Å². The molecule has 258 valence electrons. The molecule has 0 aliphatic carbocycles. The highest BCUT2D eigenvalue weighted by Crippen LogP contribution is 2.28. The predicted octanol–water partition coefficient (Wildman–Crippen LogP) is 7.98. The summed E-state index contributed by atoms with van der Waals surface area (Å²) in [7, 11) is 3.29. The summed E-state index contributed by atoms with van der Waals surface area (Å²) < 4.78 is 40.8. The number of methoxy groups -OCH3 is 2. The zero-order valence-corrected chi connectivity index (χ0v) is 28.7. The summed E-state index contributed by atoms with van der Waals surface area (Å²) in [5.74, 6) is 1.17. The Kier molecular flexibility index (Phi) is 15.2. The van der Waals surface area contributed by atoms with Gasteiger partial charge in [0.2, 0.25) is 0 Å². The van der Waals surface area contributed by atoms with Crippen LogP contribution in [0.25, 0.3) is 0 Å². The second kappa shape index (κ2) is 19.8. The predicted molar refractivity (Wildman–Crippen MR) is 187 cm³/mol. The maximum absolute atomic E-state index is 12.9. The molecule has 1 fully saturated rings.